The van der Waals surface area contributed by atoms with Gasteiger partial charge in [-0.05, 0) is 50.2 Å². The van der Waals surface area contributed by atoms with Crippen molar-refractivity contribution in [2.75, 3.05) is 17.2 Å². The number of aryl methyl sites for hydroxylation is 2. The second-order valence-corrected chi connectivity index (χ2v) is 6.02. The number of aromatic nitrogens is 2. The number of anilines is 3. The van der Waals surface area contributed by atoms with Gasteiger partial charge < -0.3 is 15.4 Å². The van der Waals surface area contributed by atoms with Crippen LogP contribution in [0.15, 0.2) is 54.6 Å². The van der Waals surface area contributed by atoms with Gasteiger partial charge >= 0.3 is 0 Å². The number of hydrogen-bond donors (Lipinski definition) is 2. The number of benzene rings is 2. The van der Waals surface area contributed by atoms with Crippen molar-refractivity contribution in [1.29, 1.82) is 0 Å². The fourth-order valence-corrected chi connectivity index (χ4v) is 2.60. The summed E-state index contributed by atoms with van der Waals surface area (Å²) < 4.78 is 7.31. The summed E-state index contributed by atoms with van der Waals surface area (Å²) in [6.07, 6.45) is 0. The quantitative estimate of drug-likeness (QED) is 0.709. The van der Waals surface area contributed by atoms with Crippen LogP contribution in [0.25, 0.3) is 0 Å². The number of hydrogen-bond acceptors (Lipinski definition) is 4. The molecular formula is C20H22N4O2. The summed E-state index contributed by atoms with van der Waals surface area (Å²) in [4.78, 5) is 12.1. The molecule has 1 aromatic heterocycles. The van der Waals surface area contributed by atoms with Gasteiger partial charge in [0.1, 0.15) is 5.75 Å². The first-order chi connectivity index (χ1) is 12.5. The number of nitrogens with one attached hydrogen (secondary N) is 2. The van der Waals surface area contributed by atoms with Crippen LogP contribution >= 0.6 is 0 Å². The predicted octanol–water partition coefficient (Wildman–Crippen LogP) is 3.80. The molecule has 6 nitrogen and oxygen atoms in total. The van der Waals surface area contributed by atoms with Crippen molar-refractivity contribution < 1.29 is 9.53 Å². The van der Waals surface area contributed by atoms with E-state index in [0.717, 1.165) is 28.5 Å². The lowest BCUT2D eigenvalue weighted by Gasteiger charge is -2.10. The Balaban J connectivity index is 1.53. The highest BCUT2D eigenvalue weighted by Gasteiger charge is 2.12. The van der Waals surface area contributed by atoms with Crippen molar-refractivity contribution in [3.05, 3.63) is 66.0 Å². The second kappa shape index (κ2) is 7.74. The van der Waals surface area contributed by atoms with E-state index in [4.69, 9.17) is 4.74 Å². The lowest BCUT2D eigenvalue weighted by Crippen LogP contribution is -2.20. The molecule has 3 aromatic rings. The van der Waals surface area contributed by atoms with Crippen LogP contribution in [0.1, 0.15) is 11.4 Å². The zero-order valence-electron chi connectivity index (χ0n) is 15.1. The first-order valence-electron chi connectivity index (χ1n) is 8.38. The summed E-state index contributed by atoms with van der Waals surface area (Å²) in [5.41, 5.74) is 4.41. The van der Waals surface area contributed by atoms with Crippen LogP contribution in [0.5, 0.6) is 5.75 Å². The van der Waals surface area contributed by atoms with E-state index in [2.05, 4.69) is 15.7 Å². The predicted molar refractivity (Wildman–Crippen MR) is 103 cm³/mol. The van der Waals surface area contributed by atoms with Crippen molar-refractivity contribution in [3.8, 4) is 5.75 Å². The molecule has 0 aliphatic carbocycles. The first-order valence-corrected chi connectivity index (χ1v) is 8.38. The Morgan fingerprint density at radius 2 is 1.69 bits per heavy atom. The van der Waals surface area contributed by atoms with Crippen molar-refractivity contribution in [3.63, 3.8) is 0 Å². The van der Waals surface area contributed by atoms with Gasteiger partial charge in [0, 0.05) is 18.4 Å². The molecule has 6 heteroatoms. The minimum atomic E-state index is -0.212. The molecule has 0 saturated heterocycles. The summed E-state index contributed by atoms with van der Waals surface area (Å²) in [5.74, 6) is 0.425. The fourth-order valence-electron chi connectivity index (χ4n) is 2.60. The Labute approximate surface area is 152 Å². The van der Waals surface area contributed by atoms with Crippen molar-refractivity contribution in [1.82, 2.24) is 9.78 Å². The van der Waals surface area contributed by atoms with Crippen LogP contribution in [-0.4, -0.2) is 22.3 Å². The van der Waals surface area contributed by atoms with Crippen molar-refractivity contribution >= 4 is 23.0 Å². The Morgan fingerprint density at radius 3 is 2.31 bits per heavy atom. The summed E-state index contributed by atoms with van der Waals surface area (Å²) in [6, 6.07) is 17.4. The average Bonchev–Trinajstić information content (AvgIpc) is 2.88. The molecule has 0 aliphatic heterocycles. The van der Waals surface area contributed by atoms with Gasteiger partial charge in [-0.25, -0.2) is 0 Å². The molecule has 26 heavy (non-hydrogen) atoms. The Morgan fingerprint density at radius 1 is 1.04 bits per heavy atom. The van der Waals surface area contributed by atoms with Crippen molar-refractivity contribution in [2.45, 2.75) is 13.8 Å². The maximum absolute atomic E-state index is 12.1. The molecule has 0 radical (unpaired) electrons. The molecule has 0 bridgehead atoms. The van der Waals surface area contributed by atoms with E-state index >= 15 is 0 Å². The van der Waals surface area contributed by atoms with Gasteiger partial charge in [0.25, 0.3) is 5.91 Å². The maximum Gasteiger partial charge on any atom is 0.262 e. The molecule has 0 fully saturated rings. The van der Waals surface area contributed by atoms with E-state index in [-0.39, 0.29) is 12.5 Å². The van der Waals surface area contributed by atoms with E-state index in [0.29, 0.717) is 5.75 Å². The second-order valence-electron chi connectivity index (χ2n) is 6.02. The average molecular weight is 350 g/mol. The Hall–Kier alpha value is -3.28. The standard InChI is InChI=1S/C20H22N4O2/c1-14-20(15(2)24(3)23-14)22-19(25)13-26-18-11-9-17(10-12-18)21-16-7-5-4-6-8-16/h4-12,21H,13H2,1-3H3,(H,22,25). The van der Waals surface area contributed by atoms with Crippen LogP contribution in [0.2, 0.25) is 0 Å². The first kappa shape index (κ1) is 17.5. The SMILES string of the molecule is Cc1nn(C)c(C)c1NC(=O)COc1ccc(Nc2ccccc2)cc1. The highest BCUT2D eigenvalue weighted by Crippen LogP contribution is 2.21. The molecule has 0 spiro atoms. The highest BCUT2D eigenvalue weighted by atomic mass is 16.5. The van der Waals surface area contributed by atoms with Crippen LogP contribution < -0.4 is 15.4 Å². The number of carbonyl (C=O) groups excluding carboxylic acids is 1. The van der Waals surface area contributed by atoms with E-state index in [1.165, 1.54) is 0 Å². The van der Waals surface area contributed by atoms with Crippen molar-refractivity contribution in [2.24, 2.45) is 7.05 Å². The zero-order chi connectivity index (χ0) is 18.5. The van der Waals surface area contributed by atoms with Gasteiger partial charge in [-0.2, -0.15) is 5.10 Å². The van der Waals surface area contributed by atoms with Gasteiger partial charge in [0.05, 0.1) is 17.1 Å². The van der Waals surface area contributed by atoms with Gasteiger partial charge in [-0.3, -0.25) is 9.48 Å². The zero-order valence-corrected chi connectivity index (χ0v) is 15.1. The third-order valence-electron chi connectivity index (χ3n) is 4.06. The van der Waals surface area contributed by atoms with Gasteiger partial charge in [-0.15, -0.1) is 0 Å². The molecule has 2 aromatic carbocycles. The number of rotatable bonds is 6. The maximum atomic E-state index is 12.1. The highest BCUT2D eigenvalue weighted by molar-refractivity contribution is 5.93. The third-order valence-corrected chi connectivity index (χ3v) is 4.06. The molecule has 3 rings (SSSR count). The van der Waals surface area contributed by atoms with Crippen LogP contribution in [0.4, 0.5) is 17.1 Å². The fraction of sp³-hybridized carbons (Fsp3) is 0.200. The smallest absolute Gasteiger partial charge is 0.262 e. The summed E-state index contributed by atoms with van der Waals surface area (Å²) in [7, 11) is 1.85. The topological polar surface area (TPSA) is 68.2 Å². The molecular weight excluding hydrogens is 328 g/mol. The largest absolute Gasteiger partial charge is 0.484 e. The summed E-state index contributed by atoms with van der Waals surface area (Å²) in [6.45, 7) is 3.72. The lowest BCUT2D eigenvalue weighted by atomic mass is 10.2. The van der Waals surface area contributed by atoms with E-state index < -0.39 is 0 Å². The molecule has 0 atom stereocenters. The third kappa shape index (κ3) is 4.22. The minimum Gasteiger partial charge on any atom is -0.484 e. The molecule has 1 amide bonds. The molecule has 0 saturated carbocycles. The summed E-state index contributed by atoms with van der Waals surface area (Å²) in [5, 5.41) is 10.4. The van der Waals surface area contributed by atoms with Gasteiger partial charge in [-0.1, -0.05) is 18.2 Å². The van der Waals surface area contributed by atoms with E-state index in [9.17, 15) is 4.79 Å². The van der Waals surface area contributed by atoms with Gasteiger partial charge in [0.2, 0.25) is 0 Å². The van der Waals surface area contributed by atoms with Crippen LogP contribution in [-0.2, 0) is 11.8 Å². The Kier molecular flexibility index (Phi) is 5.22. The monoisotopic (exact) mass is 350 g/mol. The number of carbonyl (C=O) groups is 1. The van der Waals surface area contributed by atoms with Crippen LogP contribution in [0, 0.1) is 13.8 Å². The van der Waals surface area contributed by atoms with Gasteiger partial charge in [0.15, 0.2) is 6.61 Å². The summed E-state index contributed by atoms with van der Waals surface area (Å²) >= 11 is 0. The normalized spacial score (nSPS) is 10.4. The van der Waals surface area contributed by atoms with E-state index in [1.54, 1.807) is 4.68 Å². The molecule has 0 aliphatic rings. The van der Waals surface area contributed by atoms with Crippen LogP contribution in [0.3, 0.4) is 0 Å². The molecule has 2 N–H and O–H groups in total. The Bertz CT molecular complexity index is 886. The minimum absolute atomic E-state index is 0.0563. The molecule has 0 unspecified atom stereocenters. The molecule has 1 heterocycles. The number of para-hydroxylation sites is 1. The molecule has 134 valence electrons. The lowest BCUT2D eigenvalue weighted by molar-refractivity contribution is -0.118. The number of nitrogens with zero attached hydrogens (tertiary/aromatic N) is 2. The number of ether oxygens (including phenoxy) is 1. The van der Waals surface area contributed by atoms with E-state index in [1.807, 2.05) is 75.5 Å². The number of amides is 1.